The molecule has 162 valence electrons. The molecule has 0 radical (unpaired) electrons. The van der Waals surface area contributed by atoms with Crippen LogP contribution < -0.4 is 0 Å². The number of benzene rings is 1. The summed E-state index contributed by atoms with van der Waals surface area (Å²) in [4.78, 5) is 26.6. The molecule has 2 rings (SSSR count). The van der Waals surface area contributed by atoms with E-state index in [4.69, 9.17) is 9.15 Å². The van der Waals surface area contributed by atoms with Crippen molar-refractivity contribution in [3.05, 3.63) is 53.0 Å². The molecule has 0 aliphatic rings. The van der Waals surface area contributed by atoms with E-state index in [-0.39, 0.29) is 11.7 Å². The lowest BCUT2D eigenvalue weighted by Crippen LogP contribution is -2.34. The molecule has 1 aromatic heterocycles. The lowest BCUT2D eigenvalue weighted by Gasteiger charge is -2.23. The van der Waals surface area contributed by atoms with Crippen molar-refractivity contribution in [1.82, 2.24) is 4.90 Å². The molecule has 0 aliphatic heterocycles. The molecule has 1 heterocycles. The third-order valence-electron chi connectivity index (χ3n) is 5.07. The molecule has 30 heavy (non-hydrogen) atoms. The Morgan fingerprint density at radius 1 is 1.07 bits per heavy atom. The normalized spacial score (nSPS) is 12.7. The Morgan fingerprint density at radius 2 is 1.73 bits per heavy atom. The molecule has 1 aromatic carbocycles. The maximum absolute atomic E-state index is 13.1. The minimum absolute atomic E-state index is 0.0367. The Morgan fingerprint density at radius 3 is 2.27 bits per heavy atom. The average molecular weight is 412 g/mol. The van der Waals surface area contributed by atoms with Crippen molar-refractivity contribution in [3.8, 4) is 0 Å². The molecule has 5 nitrogen and oxygen atoms in total. The highest BCUT2D eigenvalue weighted by atomic mass is 16.5. The van der Waals surface area contributed by atoms with Gasteiger partial charge in [0.05, 0.1) is 12.7 Å². The first-order chi connectivity index (χ1) is 14.4. The van der Waals surface area contributed by atoms with Gasteiger partial charge in [-0.2, -0.15) is 0 Å². The summed E-state index contributed by atoms with van der Waals surface area (Å²) < 4.78 is 11.3. The van der Waals surface area contributed by atoms with Gasteiger partial charge in [-0.25, -0.2) is 0 Å². The number of ketones is 1. The molecule has 0 unspecified atom stereocenters. The quantitative estimate of drug-likeness (QED) is 0.208. The third-order valence-corrected chi connectivity index (χ3v) is 5.07. The van der Waals surface area contributed by atoms with Crippen LogP contribution >= 0.6 is 0 Å². The zero-order chi connectivity index (χ0) is 22.3. The van der Waals surface area contributed by atoms with Crippen molar-refractivity contribution in [2.24, 2.45) is 0 Å². The van der Waals surface area contributed by atoms with Gasteiger partial charge in [-0.15, -0.1) is 0 Å². The number of nitrogens with zero attached hydrogens (tertiary/aromatic N) is 1. The average Bonchev–Trinajstić information content (AvgIpc) is 3.16. The van der Waals surface area contributed by atoms with Crippen LogP contribution in [0, 0.1) is 0 Å². The standard InChI is InChI=1S/C25H33NO4/c1-7-12-26(13-8-2)25(28)21(9-3)24(29-6)14-17(4)19-10-11-20-16-22(18(5)27)30-23(20)15-19/h10-11,14-16H,7-9,12-13H2,1-6H3/b17-14+,24-21-. The minimum atomic E-state index is -0.0978. The van der Waals surface area contributed by atoms with Crippen LogP contribution in [0.4, 0.5) is 0 Å². The van der Waals surface area contributed by atoms with Crippen molar-refractivity contribution < 1.29 is 18.7 Å². The van der Waals surface area contributed by atoms with Crippen molar-refractivity contribution in [1.29, 1.82) is 0 Å². The molecule has 0 atom stereocenters. The molecule has 0 aliphatic carbocycles. The summed E-state index contributed by atoms with van der Waals surface area (Å²) in [6.45, 7) is 11.1. The summed E-state index contributed by atoms with van der Waals surface area (Å²) in [5, 5.41) is 0.887. The Labute approximate surface area is 179 Å². The van der Waals surface area contributed by atoms with E-state index in [2.05, 4.69) is 13.8 Å². The van der Waals surface area contributed by atoms with Crippen LogP contribution in [0.5, 0.6) is 0 Å². The van der Waals surface area contributed by atoms with E-state index in [0.29, 0.717) is 29.1 Å². The highest BCUT2D eigenvalue weighted by molar-refractivity contribution is 5.97. The second-order valence-electron chi connectivity index (χ2n) is 7.44. The zero-order valence-corrected chi connectivity index (χ0v) is 19.0. The number of hydrogen-bond donors (Lipinski definition) is 0. The second kappa shape index (κ2) is 10.8. The van der Waals surface area contributed by atoms with Gasteiger partial charge >= 0.3 is 0 Å². The number of carbonyl (C=O) groups excluding carboxylic acids is 2. The largest absolute Gasteiger partial charge is 0.496 e. The van der Waals surface area contributed by atoms with Gasteiger partial charge in [0, 0.05) is 25.4 Å². The first-order valence-corrected chi connectivity index (χ1v) is 10.7. The van der Waals surface area contributed by atoms with Crippen molar-refractivity contribution >= 4 is 28.2 Å². The second-order valence-corrected chi connectivity index (χ2v) is 7.44. The number of carbonyl (C=O) groups is 2. The monoisotopic (exact) mass is 411 g/mol. The van der Waals surface area contributed by atoms with Gasteiger partial charge in [0.25, 0.3) is 5.91 Å². The number of Topliss-reactive ketones (excluding diaryl/α,β-unsaturated/α-hetero) is 1. The molecule has 1 amide bonds. The fourth-order valence-electron chi connectivity index (χ4n) is 3.48. The summed E-state index contributed by atoms with van der Waals surface area (Å²) in [6.07, 6.45) is 4.34. The number of hydrogen-bond acceptors (Lipinski definition) is 4. The van der Waals surface area contributed by atoms with Crippen LogP contribution in [-0.4, -0.2) is 36.8 Å². The Kier molecular flexibility index (Phi) is 8.46. The Bertz CT molecular complexity index is 959. The third kappa shape index (κ3) is 5.41. The number of ether oxygens (including phenoxy) is 1. The SMILES string of the molecule is CCCN(CCC)C(=O)/C(CC)=C(/C=C(\C)c1ccc2cc(C(C)=O)oc2c1)OC. The molecule has 0 spiro atoms. The lowest BCUT2D eigenvalue weighted by atomic mass is 10.0. The smallest absolute Gasteiger partial charge is 0.253 e. The molecule has 0 bridgehead atoms. The van der Waals surface area contributed by atoms with Gasteiger partial charge in [0.1, 0.15) is 11.3 Å². The fraction of sp³-hybridized carbons (Fsp3) is 0.440. The van der Waals surface area contributed by atoms with E-state index in [0.717, 1.165) is 42.5 Å². The van der Waals surface area contributed by atoms with Crippen LogP contribution in [0.25, 0.3) is 16.5 Å². The molecule has 0 saturated carbocycles. The van der Waals surface area contributed by atoms with Gasteiger partial charge in [-0.1, -0.05) is 32.9 Å². The van der Waals surface area contributed by atoms with Crippen LogP contribution in [-0.2, 0) is 9.53 Å². The van der Waals surface area contributed by atoms with E-state index in [1.165, 1.54) is 6.92 Å². The molecule has 0 fully saturated rings. The van der Waals surface area contributed by atoms with Gasteiger partial charge < -0.3 is 14.1 Å². The Hall–Kier alpha value is -2.82. The predicted molar refractivity (Wildman–Crippen MR) is 121 cm³/mol. The fourth-order valence-corrected chi connectivity index (χ4v) is 3.48. The van der Waals surface area contributed by atoms with Crippen molar-refractivity contribution in [2.75, 3.05) is 20.2 Å². The zero-order valence-electron chi connectivity index (χ0n) is 19.0. The number of rotatable bonds is 10. The highest BCUT2D eigenvalue weighted by Gasteiger charge is 2.20. The maximum Gasteiger partial charge on any atom is 0.253 e. The lowest BCUT2D eigenvalue weighted by molar-refractivity contribution is -0.127. The summed E-state index contributed by atoms with van der Waals surface area (Å²) >= 11 is 0. The first-order valence-electron chi connectivity index (χ1n) is 10.7. The van der Waals surface area contributed by atoms with Gasteiger partial charge in [-0.3, -0.25) is 9.59 Å². The summed E-state index contributed by atoms with van der Waals surface area (Å²) in [5.74, 6) is 0.877. The number of methoxy groups -OCH3 is 1. The summed E-state index contributed by atoms with van der Waals surface area (Å²) in [6, 6.07) is 7.58. The van der Waals surface area contributed by atoms with E-state index in [1.807, 2.05) is 43.0 Å². The molecule has 5 heteroatoms. The molecular formula is C25H33NO4. The summed E-state index contributed by atoms with van der Waals surface area (Å²) in [7, 11) is 1.60. The Balaban J connectivity index is 2.43. The van der Waals surface area contributed by atoms with Crippen LogP contribution in [0.3, 0.4) is 0 Å². The molecule has 0 N–H and O–H groups in total. The maximum atomic E-state index is 13.1. The molecule has 2 aromatic rings. The van der Waals surface area contributed by atoms with Gasteiger partial charge in [-0.05, 0) is 55.5 Å². The molecule has 0 saturated heterocycles. The van der Waals surface area contributed by atoms with Crippen LogP contribution in [0.1, 0.15) is 70.0 Å². The van der Waals surface area contributed by atoms with Gasteiger partial charge in [0.15, 0.2) is 11.5 Å². The van der Waals surface area contributed by atoms with E-state index in [9.17, 15) is 9.59 Å². The van der Waals surface area contributed by atoms with Crippen LogP contribution in [0.2, 0.25) is 0 Å². The van der Waals surface area contributed by atoms with E-state index in [1.54, 1.807) is 13.2 Å². The number of allylic oxidation sites excluding steroid dienone is 2. The molecular weight excluding hydrogens is 378 g/mol. The van der Waals surface area contributed by atoms with E-state index >= 15 is 0 Å². The van der Waals surface area contributed by atoms with E-state index < -0.39 is 0 Å². The van der Waals surface area contributed by atoms with Crippen LogP contribution in [0.15, 0.2) is 46.1 Å². The first kappa shape index (κ1) is 23.5. The van der Waals surface area contributed by atoms with Gasteiger partial charge in [0.2, 0.25) is 0 Å². The predicted octanol–water partition coefficient (Wildman–Crippen LogP) is 6.00. The minimum Gasteiger partial charge on any atom is -0.496 e. The van der Waals surface area contributed by atoms with Crippen molar-refractivity contribution in [3.63, 3.8) is 0 Å². The van der Waals surface area contributed by atoms with Crippen molar-refractivity contribution in [2.45, 2.75) is 53.9 Å². The highest BCUT2D eigenvalue weighted by Crippen LogP contribution is 2.26. The summed E-state index contributed by atoms with van der Waals surface area (Å²) in [5.41, 5.74) is 3.24. The number of amides is 1. The number of fused-ring (bicyclic) bond motifs is 1. The topological polar surface area (TPSA) is 59.8 Å². The number of furan rings is 1.